The molecular weight excluding hydrogens is 459 g/mol. The van der Waals surface area contributed by atoms with Crippen molar-refractivity contribution in [2.75, 3.05) is 37.9 Å². The Morgan fingerprint density at radius 1 is 0.879 bits per heavy atom. The van der Waals surface area contributed by atoms with Crippen molar-refractivity contribution in [2.45, 2.75) is 84.0 Å². The van der Waals surface area contributed by atoms with Crippen LogP contribution in [-0.4, -0.2) is 57.4 Å². The molecule has 0 spiro atoms. The molecule has 33 heavy (non-hydrogen) atoms. The number of unbranched alkanes of at least 4 members (excludes halogenated alkanes) is 4. The maximum atomic E-state index is 13.7. The van der Waals surface area contributed by atoms with Gasteiger partial charge in [-0.3, -0.25) is 0 Å². The Hall–Kier alpha value is -1.01. The van der Waals surface area contributed by atoms with Crippen molar-refractivity contribution in [3.63, 3.8) is 0 Å². The van der Waals surface area contributed by atoms with E-state index in [1.54, 1.807) is 0 Å². The van der Waals surface area contributed by atoms with Crippen LogP contribution in [0.2, 0.25) is 0 Å². The summed E-state index contributed by atoms with van der Waals surface area (Å²) in [6, 6.07) is 5.88. The molecule has 0 fully saturated rings. The first-order valence-electron chi connectivity index (χ1n) is 12.6. The van der Waals surface area contributed by atoms with E-state index in [1.807, 2.05) is 0 Å². The third-order valence-electron chi connectivity index (χ3n) is 6.30. The zero-order valence-electron chi connectivity index (χ0n) is 21.1. The molecule has 0 atom stereocenters. The van der Waals surface area contributed by atoms with Gasteiger partial charge < -0.3 is 0 Å². The number of esters is 1. The molecule has 0 unspecified atom stereocenters. The number of carbonyl (C=O) groups is 1. The Labute approximate surface area is 201 Å². The number of hydrogen-bond donors (Lipinski definition) is 1. The summed E-state index contributed by atoms with van der Waals surface area (Å²) in [5.41, 5.74) is 0.137. The first kappa shape index (κ1) is 30.0. The number of aliphatic hydroxyl groups is 1. The molecule has 6 nitrogen and oxygen atoms in total. The molecule has 0 aromatic heterocycles. The Morgan fingerprint density at radius 2 is 1.36 bits per heavy atom. The van der Waals surface area contributed by atoms with Crippen LogP contribution in [0.15, 0.2) is 29.2 Å². The summed E-state index contributed by atoms with van der Waals surface area (Å²) in [5, 5.41) is 8.90. The van der Waals surface area contributed by atoms with Crippen molar-refractivity contribution < 1.29 is 27.0 Å². The van der Waals surface area contributed by atoms with Crippen LogP contribution in [0.4, 0.5) is 0 Å². The van der Waals surface area contributed by atoms with Crippen molar-refractivity contribution in [3.05, 3.63) is 29.8 Å². The van der Waals surface area contributed by atoms with Gasteiger partial charge >= 0.3 is 202 Å². The molecule has 0 heterocycles. The van der Waals surface area contributed by atoms with Gasteiger partial charge in [-0.15, -0.1) is 0 Å². The molecule has 0 saturated carbocycles. The van der Waals surface area contributed by atoms with Crippen LogP contribution in [-0.2, 0) is 18.8 Å². The quantitative estimate of drug-likeness (QED) is 0.189. The van der Waals surface area contributed by atoms with E-state index in [1.165, 1.54) is 24.3 Å². The van der Waals surface area contributed by atoms with Crippen molar-refractivity contribution in [2.24, 2.45) is 0 Å². The molecule has 0 aliphatic carbocycles. The molecule has 1 N–H and O–H groups in total. The summed E-state index contributed by atoms with van der Waals surface area (Å²) in [6.07, 6.45) is 11.1. The molecule has 1 aromatic carbocycles. The SMILES string of the molecule is CCCCP(CCCC)(CCCC)(CCCC)OS(=O)(=O)c1cccc(C(=O)OCCO)c1. The van der Waals surface area contributed by atoms with Crippen molar-refractivity contribution in [1.82, 2.24) is 0 Å². The fourth-order valence-electron chi connectivity index (χ4n) is 4.37. The Kier molecular flexibility index (Phi) is 13.1. The van der Waals surface area contributed by atoms with Crippen LogP contribution in [0.3, 0.4) is 0 Å². The number of ether oxygens (including phenoxy) is 1. The molecule has 0 amide bonds. The van der Waals surface area contributed by atoms with E-state index >= 15 is 0 Å². The summed E-state index contributed by atoms with van der Waals surface area (Å²) >= 11 is 0. The molecule has 0 saturated heterocycles. The first-order valence-corrected chi connectivity index (χ1v) is 16.9. The molecule has 0 bridgehead atoms. The minimum absolute atomic E-state index is 0.00376. The van der Waals surface area contributed by atoms with E-state index in [-0.39, 0.29) is 23.7 Å². The Bertz CT molecular complexity index is 780. The Balaban J connectivity index is 3.50. The van der Waals surface area contributed by atoms with Crippen molar-refractivity contribution in [1.29, 1.82) is 0 Å². The fourth-order valence-corrected chi connectivity index (χ4v) is 14.5. The summed E-state index contributed by atoms with van der Waals surface area (Å²) in [7, 11) is -4.07. The zero-order chi connectivity index (χ0) is 24.8. The molecular formula is C25H45O6PS. The molecule has 0 radical (unpaired) electrons. The second-order valence-corrected chi connectivity index (χ2v) is 16.6. The van der Waals surface area contributed by atoms with E-state index < -0.39 is 22.9 Å². The van der Waals surface area contributed by atoms with Gasteiger partial charge in [0, 0.05) is 0 Å². The van der Waals surface area contributed by atoms with Gasteiger partial charge in [0.15, 0.2) is 0 Å². The minimum atomic E-state index is -4.07. The second kappa shape index (κ2) is 14.4. The molecule has 0 aliphatic heterocycles. The number of benzene rings is 1. The fraction of sp³-hybridized carbons (Fsp3) is 0.720. The number of rotatable bonds is 18. The molecule has 192 valence electrons. The van der Waals surface area contributed by atoms with Crippen molar-refractivity contribution in [3.8, 4) is 0 Å². The van der Waals surface area contributed by atoms with Crippen LogP contribution in [0.1, 0.15) is 89.4 Å². The van der Waals surface area contributed by atoms with Crippen LogP contribution >= 0.6 is 6.83 Å². The summed E-state index contributed by atoms with van der Waals surface area (Å²) in [4.78, 5) is 12.2. The maximum absolute atomic E-state index is 13.7. The van der Waals surface area contributed by atoms with Crippen LogP contribution in [0, 0.1) is 0 Å². The summed E-state index contributed by atoms with van der Waals surface area (Å²) in [6.45, 7) is 5.08. The number of hydrogen-bond acceptors (Lipinski definition) is 6. The van der Waals surface area contributed by atoms with Gasteiger partial charge in [0.25, 0.3) is 0 Å². The number of aliphatic hydroxyl groups excluding tert-OH is 1. The van der Waals surface area contributed by atoms with Gasteiger partial charge in [0.2, 0.25) is 0 Å². The summed E-state index contributed by atoms with van der Waals surface area (Å²) in [5.74, 6) is -0.660. The van der Waals surface area contributed by atoms with Gasteiger partial charge in [0.05, 0.1) is 0 Å². The van der Waals surface area contributed by atoms with E-state index in [2.05, 4.69) is 27.7 Å². The third kappa shape index (κ3) is 8.93. The molecule has 1 aromatic rings. The predicted molar refractivity (Wildman–Crippen MR) is 138 cm³/mol. The van der Waals surface area contributed by atoms with E-state index in [4.69, 9.17) is 13.8 Å². The van der Waals surface area contributed by atoms with Gasteiger partial charge in [-0.25, -0.2) is 0 Å². The average Bonchev–Trinajstić information content (AvgIpc) is 2.82. The third-order valence-corrected chi connectivity index (χ3v) is 15.4. The summed E-state index contributed by atoms with van der Waals surface area (Å²) < 4.78 is 38.9. The average molecular weight is 505 g/mol. The monoisotopic (exact) mass is 504 g/mol. The van der Waals surface area contributed by atoms with Gasteiger partial charge in [-0.2, -0.15) is 0 Å². The van der Waals surface area contributed by atoms with Gasteiger partial charge in [-0.05, 0) is 0 Å². The van der Waals surface area contributed by atoms with Gasteiger partial charge in [-0.1, -0.05) is 0 Å². The zero-order valence-corrected chi connectivity index (χ0v) is 22.8. The van der Waals surface area contributed by atoms with Gasteiger partial charge in [0.1, 0.15) is 0 Å². The van der Waals surface area contributed by atoms with E-state index in [9.17, 15) is 13.2 Å². The number of carbonyl (C=O) groups excluding carboxylic acids is 1. The molecule has 8 heteroatoms. The second-order valence-electron chi connectivity index (χ2n) is 9.08. The predicted octanol–water partition coefficient (Wildman–Crippen LogP) is 6.21. The van der Waals surface area contributed by atoms with Crippen LogP contribution < -0.4 is 0 Å². The standard InChI is InChI=1S/C25H45O6PS/c1-5-9-18-32(19-10-6-2,20-11-7-3,21-12-8-4)31-33(28,29)24-15-13-14-23(22-24)25(27)30-17-16-26/h13-15,22,26H,5-12,16-21H2,1-4H3. The topological polar surface area (TPSA) is 89.9 Å². The van der Waals surface area contributed by atoms with Crippen LogP contribution in [0.25, 0.3) is 0 Å². The first-order chi connectivity index (χ1) is 15.7. The normalized spacial score (nSPS) is 13.4. The van der Waals surface area contributed by atoms with Crippen LogP contribution in [0.5, 0.6) is 0 Å². The molecule has 1 rings (SSSR count). The Morgan fingerprint density at radius 3 is 1.79 bits per heavy atom. The van der Waals surface area contributed by atoms with Crippen molar-refractivity contribution >= 4 is 22.9 Å². The molecule has 0 aliphatic rings. The van der Waals surface area contributed by atoms with E-state index in [0.717, 1.165) is 76.0 Å². The van der Waals surface area contributed by atoms with E-state index in [0.29, 0.717) is 0 Å².